The van der Waals surface area contributed by atoms with Crippen LogP contribution in [-0.2, 0) is 0 Å². The summed E-state index contributed by atoms with van der Waals surface area (Å²) < 4.78 is 26.2. The van der Waals surface area contributed by atoms with E-state index in [2.05, 4.69) is 11.8 Å². The fourth-order valence-corrected chi connectivity index (χ4v) is 1.19. The maximum absolute atomic E-state index is 13.1. The lowest BCUT2D eigenvalue weighted by Crippen LogP contribution is -2.05. The van der Waals surface area contributed by atoms with Crippen LogP contribution in [-0.4, -0.2) is 5.78 Å². The lowest BCUT2D eigenvalue weighted by Gasteiger charge is -2.01. The first-order chi connectivity index (χ1) is 7.16. The van der Waals surface area contributed by atoms with Crippen molar-refractivity contribution in [3.63, 3.8) is 0 Å². The number of rotatable bonds is 3. The van der Waals surface area contributed by atoms with E-state index in [0.717, 1.165) is 12.1 Å². The topological polar surface area (TPSA) is 17.1 Å². The van der Waals surface area contributed by atoms with E-state index in [-0.39, 0.29) is 6.42 Å². The van der Waals surface area contributed by atoms with E-state index in [1.165, 1.54) is 6.07 Å². The van der Waals surface area contributed by atoms with Gasteiger partial charge in [0.2, 0.25) is 0 Å². The highest BCUT2D eigenvalue weighted by molar-refractivity contribution is 5.96. The van der Waals surface area contributed by atoms with Crippen LogP contribution in [0.3, 0.4) is 0 Å². The highest BCUT2D eigenvalue weighted by Gasteiger charge is 2.15. The summed E-state index contributed by atoms with van der Waals surface area (Å²) in [7, 11) is 0. The molecule has 15 heavy (non-hydrogen) atoms. The van der Waals surface area contributed by atoms with Crippen molar-refractivity contribution >= 4 is 5.78 Å². The predicted molar refractivity (Wildman–Crippen MR) is 53.4 cm³/mol. The first-order valence-corrected chi connectivity index (χ1v) is 4.53. The molecule has 0 amide bonds. The average molecular weight is 208 g/mol. The fourth-order valence-electron chi connectivity index (χ4n) is 1.19. The lowest BCUT2D eigenvalue weighted by atomic mass is 10.1. The Bertz CT molecular complexity index is 407. The molecule has 0 heterocycles. The molecule has 0 atom stereocenters. The zero-order chi connectivity index (χ0) is 11.3. The van der Waals surface area contributed by atoms with Gasteiger partial charge in [0.05, 0.1) is 5.56 Å². The Hall–Kier alpha value is -1.69. The van der Waals surface area contributed by atoms with Gasteiger partial charge in [-0.1, -0.05) is 6.07 Å². The van der Waals surface area contributed by atoms with Crippen molar-refractivity contribution in [2.45, 2.75) is 19.8 Å². The van der Waals surface area contributed by atoms with E-state index in [1.807, 2.05) is 0 Å². The van der Waals surface area contributed by atoms with Gasteiger partial charge < -0.3 is 0 Å². The van der Waals surface area contributed by atoms with Crippen molar-refractivity contribution in [2.75, 3.05) is 0 Å². The summed E-state index contributed by atoms with van der Waals surface area (Å²) in [4.78, 5) is 11.4. The van der Waals surface area contributed by atoms with E-state index in [0.29, 0.717) is 6.42 Å². The normalized spacial score (nSPS) is 9.27. The maximum atomic E-state index is 13.1. The molecule has 1 aromatic carbocycles. The van der Waals surface area contributed by atoms with Crippen LogP contribution < -0.4 is 0 Å². The van der Waals surface area contributed by atoms with Crippen LogP contribution in [0.4, 0.5) is 8.78 Å². The van der Waals surface area contributed by atoms with E-state index in [1.54, 1.807) is 6.92 Å². The monoisotopic (exact) mass is 208 g/mol. The molecule has 0 N–H and O–H groups in total. The Balaban J connectivity index is 2.85. The first-order valence-electron chi connectivity index (χ1n) is 4.53. The molecule has 3 heteroatoms. The molecule has 1 rings (SSSR count). The van der Waals surface area contributed by atoms with Crippen molar-refractivity contribution < 1.29 is 13.6 Å². The molecule has 0 saturated heterocycles. The molecule has 1 aromatic rings. The predicted octanol–water partition coefficient (Wildman–Crippen LogP) is 2.95. The van der Waals surface area contributed by atoms with Crippen LogP contribution in [0, 0.1) is 23.5 Å². The minimum absolute atomic E-state index is 0.0404. The smallest absolute Gasteiger partial charge is 0.169 e. The van der Waals surface area contributed by atoms with E-state index in [4.69, 9.17) is 0 Å². The van der Waals surface area contributed by atoms with Crippen LogP contribution in [0.15, 0.2) is 18.2 Å². The molecular weight excluding hydrogens is 198 g/mol. The SMILES string of the molecule is CC#CCCC(=O)c1c(F)cccc1F. The Labute approximate surface area is 87.1 Å². The molecule has 78 valence electrons. The largest absolute Gasteiger partial charge is 0.294 e. The van der Waals surface area contributed by atoms with Gasteiger partial charge in [-0.15, -0.1) is 11.8 Å². The Morgan fingerprint density at radius 3 is 2.47 bits per heavy atom. The van der Waals surface area contributed by atoms with E-state index < -0.39 is 23.0 Å². The van der Waals surface area contributed by atoms with Gasteiger partial charge in [0, 0.05) is 12.8 Å². The Morgan fingerprint density at radius 1 is 1.33 bits per heavy atom. The summed E-state index contributed by atoms with van der Waals surface area (Å²) in [5.41, 5.74) is -0.463. The molecular formula is C12H10F2O. The minimum atomic E-state index is -0.815. The van der Waals surface area contributed by atoms with Crippen LogP contribution in [0.1, 0.15) is 30.1 Å². The zero-order valence-electron chi connectivity index (χ0n) is 8.31. The average Bonchev–Trinajstić information content (AvgIpc) is 2.18. The number of benzene rings is 1. The third-order valence-electron chi connectivity index (χ3n) is 1.90. The van der Waals surface area contributed by atoms with Crippen molar-refractivity contribution in [3.8, 4) is 11.8 Å². The summed E-state index contributed by atoms with van der Waals surface area (Å²) in [6.45, 7) is 1.65. The van der Waals surface area contributed by atoms with Gasteiger partial charge in [-0.2, -0.15) is 0 Å². The van der Waals surface area contributed by atoms with Crippen molar-refractivity contribution in [3.05, 3.63) is 35.4 Å². The summed E-state index contributed by atoms with van der Waals surface area (Å²) >= 11 is 0. The second kappa shape index (κ2) is 5.26. The Morgan fingerprint density at radius 2 is 1.93 bits per heavy atom. The van der Waals surface area contributed by atoms with Gasteiger partial charge in [0.25, 0.3) is 0 Å². The van der Waals surface area contributed by atoms with Gasteiger partial charge in [-0.3, -0.25) is 4.79 Å². The second-order valence-electron chi connectivity index (χ2n) is 2.95. The summed E-state index contributed by atoms with van der Waals surface area (Å²) in [6, 6.07) is 3.37. The lowest BCUT2D eigenvalue weighted by molar-refractivity contribution is 0.0976. The molecule has 0 unspecified atom stereocenters. The van der Waals surface area contributed by atoms with E-state index >= 15 is 0 Å². The highest BCUT2D eigenvalue weighted by Crippen LogP contribution is 2.14. The van der Waals surface area contributed by atoms with Crippen LogP contribution in [0.5, 0.6) is 0 Å². The van der Waals surface area contributed by atoms with Gasteiger partial charge in [0.1, 0.15) is 11.6 Å². The number of Topliss-reactive ketones (excluding diaryl/α,β-unsaturated/α-hetero) is 1. The summed E-state index contributed by atoms with van der Waals surface area (Å²) in [5, 5.41) is 0. The first kappa shape index (κ1) is 11.4. The van der Waals surface area contributed by atoms with Crippen LogP contribution in [0.25, 0.3) is 0 Å². The molecule has 0 aliphatic carbocycles. The molecule has 0 aliphatic heterocycles. The number of carbonyl (C=O) groups is 1. The molecule has 1 nitrogen and oxygen atoms in total. The number of hydrogen-bond acceptors (Lipinski definition) is 1. The summed E-state index contributed by atoms with van der Waals surface area (Å²) in [6.07, 6.45) is 0.363. The maximum Gasteiger partial charge on any atom is 0.169 e. The van der Waals surface area contributed by atoms with Crippen molar-refractivity contribution in [2.24, 2.45) is 0 Å². The third-order valence-corrected chi connectivity index (χ3v) is 1.90. The van der Waals surface area contributed by atoms with Crippen molar-refractivity contribution in [1.29, 1.82) is 0 Å². The standard InChI is InChI=1S/C12H10F2O/c1-2-3-4-8-11(15)12-9(13)6-5-7-10(12)14/h5-7H,4,8H2,1H3. The highest BCUT2D eigenvalue weighted by atomic mass is 19.1. The molecule has 0 aliphatic rings. The summed E-state index contributed by atoms with van der Waals surface area (Å²) in [5.74, 6) is 3.11. The fraction of sp³-hybridized carbons (Fsp3) is 0.250. The Kier molecular flexibility index (Phi) is 3.99. The van der Waals surface area contributed by atoms with E-state index in [9.17, 15) is 13.6 Å². The molecule has 0 radical (unpaired) electrons. The van der Waals surface area contributed by atoms with Gasteiger partial charge in [-0.05, 0) is 19.1 Å². The van der Waals surface area contributed by atoms with Crippen molar-refractivity contribution in [1.82, 2.24) is 0 Å². The molecule has 0 aromatic heterocycles. The quantitative estimate of drug-likeness (QED) is 0.551. The number of carbonyl (C=O) groups excluding carboxylic acids is 1. The van der Waals surface area contributed by atoms with Gasteiger partial charge in [0.15, 0.2) is 5.78 Å². The van der Waals surface area contributed by atoms with Crippen LogP contribution in [0.2, 0.25) is 0 Å². The molecule has 0 fully saturated rings. The van der Waals surface area contributed by atoms with Gasteiger partial charge in [-0.25, -0.2) is 8.78 Å². The molecule has 0 spiro atoms. The van der Waals surface area contributed by atoms with Gasteiger partial charge >= 0.3 is 0 Å². The minimum Gasteiger partial charge on any atom is -0.294 e. The zero-order valence-corrected chi connectivity index (χ0v) is 8.31. The number of ketones is 1. The van der Waals surface area contributed by atoms with Crippen LogP contribution >= 0.6 is 0 Å². The number of halogens is 2. The third kappa shape index (κ3) is 2.88. The number of hydrogen-bond donors (Lipinski definition) is 0. The molecule has 0 bridgehead atoms. The molecule has 0 saturated carbocycles. The second-order valence-corrected chi connectivity index (χ2v) is 2.95.